The molecular weight excluding hydrogens is 424 g/mol. The lowest BCUT2D eigenvalue weighted by Gasteiger charge is -2.46. The third-order valence-corrected chi connectivity index (χ3v) is 6.62. The van der Waals surface area contributed by atoms with Crippen LogP contribution in [0, 0.1) is 13.8 Å². The molecule has 0 spiro atoms. The summed E-state index contributed by atoms with van der Waals surface area (Å²) in [4.78, 5) is 31.4. The first-order valence-electron chi connectivity index (χ1n) is 11.7. The van der Waals surface area contributed by atoms with Gasteiger partial charge in [-0.05, 0) is 42.7 Å². The van der Waals surface area contributed by atoms with Gasteiger partial charge >= 0.3 is 0 Å². The van der Waals surface area contributed by atoms with Crippen molar-refractivity contribution in [2.45, 2.75) is 39.8 Å². The van der Waals surface area contributed by atoms with Crippen LogP contribution in [0.3, 0.4) is 0 Å². The first-order valence-corrected chi connectivity index (χ1v) is 11.7. The average Bonchev–Trinajstić information content (AvgIpc) is 3.32. The molecule has 0 saturated carbocycles. The van der Waals surface area contributed by atoms with Crippen molar-refractivity contribution >= 4 is 29.2 Å². The van der Waals surface area contributed by atoms with Gasteiger partial charge in [-0.2, -0.15) is 0 Å². The Morgan fingerprint density at radius 3 is 2.56 bits per heavy atom. The number of piperazine rings is 1. The van der Waals surface area contributed by atoms with Gasteiger partial charge in [0.25, 0.3) is 11.8 Å². The maximum atomic E-state index is 13.3. The molecule has 0 bridgehead atoms. The Hall–Kier alpha value is -3.64. The van der Waals surface area contributed by atoms with Crippen LogP contribution < -0.4 is 5.32 Å². The number of carbonyl (C=O) groups is 2. The van der Waals surface area contributed by atoms with E-state index in [1.54, 1.807) is 6.20 Å². The Kier molecular flexibility index (Phi) is 5.62. The molecule has 2 atom stereocenters. The molecule has 5 rings (SSSR count). The number of aromatic amines is 1. The zero-order chi connectivity index (χ0) is 24.0. The number of fused-ring (bicyclic) bond motifs is 1. The molecule has 6 nitrogen and oxygen atoms in total. The summed E-state index contributed by atoms with van der Waals surface area (Å²) in [5.41, 5.74) is 7.77. The fraction of sp³-hybridized carbons (Fsp3) is 0.286. The van der Waals surface area contributed by atoms with E-state index < -0.39 is 0 Å². The number of hydrogen-bond acceptors (Lipinski definition) is 2. The number of amides is 2. The molecule has 1 fully saturated rings. The number of anilines is 1. The largest absolute Gasteiger partial charge is 0.654 e. The van der Waals surface area contributed by atoms with E-state index in [1.807, 2.05) is 56.0 Å². The van der Waals surface area contributed by atoms with Crippen LogP contribution in [0.5, 0.6) is 0 Å². The summed E-state index contributed by atoms with van der Waals surface area (Å²) in [6.45, 7) is 9.32. The number of H-pyrrole nitrogens is 1. The summed E-state index contributed by atoms with van der Waals surface area (Å²) < 4.78 is 0. The molecule has 1 saturated heterocycles. The van der Waals surface area contributed by atoms with Gasteiger partial charge in [0.1, 0.15) is 0 Å². The molecule has 2 unspecified atom stereocenters. The fourth-order valence-corrected chi connectivity index (χ4v) is 5.05. The number of nitrogens with zero attached hydrogens (tertiary/aromatic N) is 2. The molecular formula is C28H29N4O2-. The second-order valence-electron chi connectivity index (χ2n) is 9.41. The number of carbonyl (C=O) groups excluding carboxylic acids is 2. The van der Waals surface area contributed by atoms with Crippen LogP contribution in [0.4, 0.5) is 5.69 Å². The van der Waals surface area contributed by atoms with E-state index in [2.05, 4.69) is 40.7 Å². The minimum atomic E-state index is -0.141. The highest BCUT2D eigenvalue weighted by atomic mass is 16.2. The summed E-state index contributed by atoms with van der Waals surface area (Å²) in [7, 11) is 0. The van der Waals surface area contributed by atoms with Gasteiger partial charge < -0.3 is 20.5 Å². The minimum Gasteiger partial charge on any atom is -0.654 e. The third kappa shape index (κ3) is 3.94. The van der Waals surface area contributed by atoms with E-state index in [0.29, 0.717) is 24.2 Å². The summed E-state index contributed by atoms with van der Waals surface area (Å²) in [5, 5.41) is 7.61. The van der Waals surface area contributed by atoms with E-state index in [-0.39, 0.29) is 23.9 Å². The van der Waals surface area contributed by atoms with Crippen molar-refractivity contribution in [3.8, 4) is 11.1 Å². The van der Waals surface area contributed by atoms with E-state index in [0.717, 1.165) is 39.2 Å². The average molecular weight is 454 g/mol. The molecule has 34 heavy (non-hydrogen) atoms. The molecule has 3 aromatic rings. The lowest BCUT2D eigenvalue weighted by atomic mass is 9.93. The van der Waals surface area contributed by atoms with Gasteiger partial charge in [-0.25, -0.2) is 0 Å². The first-order chi connectivity index (χ1) is 16.3. The predicted molar refractivity (Wildman–Crippen MR) is 137 cm³/mol. The van der Waals surface area contributed by atoms with Gasteiger partial charge in [-0.3, -0.25) is 9.59 Å². The van der Waals surface area contributed by atoms with Gasteiger partial charge in [-0.15, -0.1) is 12.1 Å². The topological polar surface area (TPSA) is 79.3 Å². The Labute approximate surface area is 200 Å². The predicted octanol–water partition coefficient (Wildman–Crippen LogP) is 5.40. The SMILES string of the molecule is Cc1cccc(-c2cccc3c2/C(=C/c2[nH]cc(C(=O)N4CC(C)[N-]C(C)C4)c2C)C(=O)N3)c1. The van der Waals surface area contributed by atoms with Crippen molar-refractivity contribution in [2.75, 3.05) is 18.4 Å². The first kappa shape index (κ1) is 22.2. The van der Waals surface area contributed by atoms with Crippen molar-refractivity contribution < 1.29 is 9.59 Å². The molecule has 2 amide bonds. The normalized spacial score (nSPS) is 21.0. The quantitative estimate of drug-likeness (QED) is 0.521. The van der Waals surface area contributed by atoms with Crippen LogP contribution >= 0.6 is 0 Å². The monoisotopic (exact) mass is 453 g/mol. The van der Waals surface area contributed by atoms with Crippen molar-refractivity contribution in [3.63, 3.8) is 0 Å². The summed E-state index contributed by atoms with van der Waals surface area (Å²) in [5.74, 6) is -0.138. The van der Waals surface area contributed by atoms with Gasteiger partial charge in [0.05, 0.1) is 11.1 Å². The molecule has 6 heteroatoms. The molecule has 174 valence electrons. The van der Waals surface area contributed by atoms with Crippen LogP contribution in [-0.2, 0) is 4.79 Å². The maximum Gasteiger partial charge on any atom is 0.256 e. The molecule has 2 N–H and O–H groups in total. The van der Waals surface area contributed by atoms with Gasteiger partial charge in [-0.1, -0.05) is 55.8 Å². The number of benzene rings is 2. The lowest BCUT2D eigenvalue weighted by molar-refractivity contribution is -0.110. The molecule has 2 aliphatic heterocycles. The smallest absolute Gasteiger partial charge is 0.256 e. The van der Waals surface area contributed by atoms with Crippen molar-refractivity contribution in [2.24, 2.45) is 0 Å². The highest BCUT2D eigenvalue weighted by Crippen LogP contribution is 2.40. The van der Waals surface area contributed by atoms with E-state index in [1.165, 1.54) is 0 Å². The van der Waals surface area contributed by atoms with Gasteiger partial charge in [0, 0.05) is 36.2 Å². The second-order valence-corrected chi connectivity index (χ2v) is 9.41. The molecule has 1 aromatic heterocycles. The highest BCUT2D eigenvalue weighted by Gasteiger charge is 2.28. The number of nitrogens with one attached hydrogen (secondary N) is 2. The van der Waals surface area contributed by atoms with Crippen molar-refractivity contribution in [1.29, 1.82) is 0 Å². The van der Waals surface area contributed by atoms with Crippen LogP contribution in [0.15, 0.2) is 48.7 Å². The Morgan fingerprint density at radius 1 is 1.09 bits per heavy atom. The highest BCUT2D eigenvalue weighted by molar-refractivity contribution is 6.36. The Bertz CT molecular complexity index is 1310. The third-order valence-electron chi connectivity index (χ3n) is 6.62. The van der Waals surface area contributed by atoms with Crippen LogP contribution in [-0.4, -0.2) is 46.9 Å². The number of aryl methyl sites for hydroxylation is 1. The number of hydrogen-bond donors (Lipinski definition) is 2. The van der Waals surface area contributed by atoms with E-state index in [9.17, 15) is 9.59 Å². The van der Waals surface area contributed by atoms with Crippen molar-refractivity contribution in [3.05, 3.63) is 81.9 Å². The van der Waals surface area contributed by atoms with Crippen LogP contribution in [0.1, 0.15) is 46.6 Å². The molecule has 2 aliphatic rings. The standard InChI is InChI=1S/C28H29N4O2/c1-16-7-5-8-20(11-16)21-9-6-10-24-26(21)22(27(33)31-24)12-25-19(4)23(13-29-25)28(34)32-14-17(2)30-18(3)15-32/h5-13,17-18,29H,14-15H2,1-4H3,(H,31,33)/q-1/b22-12-. The van der Waals surface area contributed by atoms with Gasteiger partial charge in [0.15, 0.2) is 0 Å². The molecule has 0 radical (unpaired) electrons. The van der Waals surface area contributed by atoms with Gasteiger partial charge in [0.2, 0.25) is 0 Å². The van der Waals surface area contributed by atoms with Crippen molar-refractivity contribution in [1.82, 2.24) is 9.88 Å². The van der Waals surface area contributed by atoms with Crippen LogP contribution in [0.2, 0.25) is 0 Å². The summed E-state index contributed by atoms with van der Waals surface area (Å²) in [6, 6.07) is 14.5. The Morgan fingerprint density at radius 2 is 1.82 bits per heavy atom. The second kappa shape index (κ2) is 8.61. The van der Waals surface area contributed by atoms with E-state index >= 15 is 0 Å². The Balaban J connectivity index is 1.52. The fourth-order valence-electron chi connectivity index (χ4n) is 5.05. The lowest BCUT2D eigenvalue weighted by Crippen LogP contribution is -2.45. The maximum absolute atomic E-state index is 13.3. The summed E-state index contributed by atoms with van der Waals surface area (Å²) in [6.07, 6.45) is 3.62. The van der Waals surface area contributed by atoms with Crippen LogP contribution in [0.25, 0.3) is 28.1 Å². The molecule has 3 heterocycles. The number of rotatable bonds is 3. The minimum absolute atomic E-state index is 0.00345. The number of aromatic nitrogens is 1. The van der Waals surface area contributed by atoms with E-state index in [4.69, 9.17) is 0 Å². The zero-order valence-electron chi connectivity index (χ0n) is 20.0. The molecule has 0 aliphatic carbocycles. The zero-order valence-corrected chi connectivity index (χ0v) is 20.0. The molecule has 2 aromatic carbocycles. The summed E-state index contributed by atoms with van der Waals surface area (Å²) >= 11 is 0.